The van der Waals surface area contributed by atoms with Gasteiger partial charge in [-0.2, -0.15) is 0 Å². The van der Waals surface area contributed by atoms with Gasteiger partial charge < -0.3 is 10.1 Å². The van der Waals surface area contributed by atoms with E-state index < -0.39 is 5.82 Å². The molecule has 1 heterocycles. The van der Waals surface area contributed by atoms with Crippen LogP contribution in [-0.2, 0) is 6.42 Å². The molecule has 0 spiro atoms. The van der Waals surface area contributed by atoms with Crippen LogP contribution in [-0.4, -0.2) is 26.8 Å². The van der Waals surface area contributed by atoms with Crippen molar-refractivity contribution in [2.45, 2.75) is 19.4 Å². The van der Waals surface area contributed by atoms with Crippen LogP contribution < -0.4 is 0 Å². The largest absolute Gasteiger partial charge is 0.507 e. The predicted molar refractivity (Wildman–Crippen MR) is 91.9 cm³/mol. The molecule has 0 bridgehead atoms. The molecule has 0 fully saturated rings. The van der Waals surface area contributed by atoms with Crippen molar-refractivity contribution in [3.05, 3.63) is 83.4 Å². The summed E-state index contributed by atoms with van der Waals surface area (Å²) < 4.78 is 26.9. The second-order valence-corrected chi connectivity index (χ2v) is 5.78. The molecule has 0 saturated heterocycles. The first-order valence-electron chi connectivity index (χ1n) is 7.83. The van der Waals surface area contributed by atoms with E-state index in [2.05, 4.69) is 15.0 Å². The van der Waals surface area contributed by atoms with Crippen molar-refractivity contribution < 1.29 is 13.9 Å². The van der Waals surface area contributed by atoms with Gasteiger partial charge in [0.15, 0.2) is 0 Å². The van der Waals surface area contributed by atoms with Gasteiger partial charge in [-0.15, -0.1) is 0 Å². The highest BCUT2D eigenvalue weighted by Crippen LogP contribution is 2.23. The van der Waals surface area contributed by atoms with E-state index in [4.69, 9.17) is 0 Å². The molecule has 0 aliphatic rings. The number of phenolic OH excluding ortho intramolecular Hbond substituents is 1. The van der Waals surface area contributed by atoms with Crippen molar-refractivity contribution in [2.24, 2.45) is 4.99 Å². The van der Waals surface area contributed by atoms with Gasteiger partial charge in [-0.25, -0.2) is 13.8 Å². The molecular weight excluding hydrogens is 324 g/mol. The average Bonchev–Trinajstić information content (AvgIpc) is 3.09. The van der Waals surface area contributed by atoms with Crippen LogP contribution in [0.2, 0.25) is 0 Å². The van der Waals surface area contributed by atoms with Gasteiger partial charge in [-0.1, -0.05) is 0 Å². The first-order chi connectivity index (χ1) is 12.0. The van der Waals surface area contributed by atoms with Crippen molar-refractivity contribution >= 4 is 5.71 Å². The van der Waals surface area contributed by atoms with Gasteiger partial charge in [0.1, 0.15) is 17.4 Å². The van der Waals surface area contributed by atoms with E-state index in [1.54, 1.807) is 24.7 Å². The number of H-pyrrole nitrogens is 1. The highest BCUT2D eigenvalue weighted by Gasteiger charge is 2.15. The number of benzene rings is 2. The lowest BCUT2D eigenvalue weighted by Crippen LogP contribution is -2.12. The molecule has 0 aliphatic heterocycles. The molecule has 2 aromatic carbocycles. The van der Waals surface area contributed by atoms with Crippen LogP contribution in [0.25, 0.3) is 0 Å². The first-order valence-corrected chi connectivity index (χ1v) is 7.83. The van der Waals surface area contributed by atoms with Crippen LogP contribution >= 0.6 is 0 Å². The fourth-order valence-corrected chi connectivity index (χ4v) is 2.59. The molecule has 3 rings (SSSR count). The Hall–Kier alpha value is -3.02. The Bertz CT molecular complexity index is 874. The third kappa shape index (κ3) is 4.09. The second kappa shape index (κ2) is 7.25. The summed E-state index contributed by atoms with van der Waals surface area (Å²) in [5.74, 6) is -0.945. The van der Waals surface area contributed by atoms with Gasteiger partial charge in [-0.3, -0.25) is 4.99 Å². The number of aromatic nitrogens is 2. The van der Waals surface area contributed by atoms with E-state index in [1.807, 2.05) is 6.92 Å². The maximum atomic E-state index is 13.7. The topological polar surface area (TPSA) is 61.3 Å². The molecule has 128 valence electrons. The second-order valence-electron chi connectivity index (χ2n) is 5.78. The SMILES string of the molecule is C[C@H](Cc1cnc[nH]1)N=C(c1ccc(F)cc1)c1cc(F)ccc1O. The van der Waals surface area contributed by atoms with Gasteiger partial charge in [-0.05, 0) is 49.4 Å². The Morgan fingerprint density at radius 2 is 1.88 bits per heavy atom. The fraction of sp³-hybridized carbons (Fsp3) is 0.158. The molecule has 2 N–H and O–H groups in total. The minimum atomic E-state index is -0.483. The number of nitrogens with one attached hydrogen (secondary N) is 1. The Balaban J connectivity index is 2.03. The number of aromatic amines is 1. The zero-order valence-electron chi connectivity index (χ0n) is 13.6. The number of phenols is 1. The number of hydrogen-bond donors (Lipinski definition) is 2. The van der Waals surface area contributed by atoms with Crippen LogP contribution in [0.4, 0.5) is 8.78 Å². The van der Waals surface area contributed by atoms with E-state index in [-0.39, 0.29) is 23.2 Å². The first kappa shape index (κ1) is 16.8. The molecule has 0 saturated carbocycles. The molecule has 0 amide bonds. The maximum absolute atomic E-state index is 13.7. The monoisotopic (exact) mass is 341 g/mol. The molecular formula is C19H17F2N3O. The van der Waals surface area contributed by atoms with E-state index in [0.717, 1.165) is 5.69 Å². The minimum absolute atomic E-state index is 0.0850. The normalized spacial score (nSPS) is 13.0. The van der Waals surface area contributed by atoms with Crippen molar-refractivity contribution in [2.75, 3.05) is 0 Å². The van der Waals surface area contributed by atoms with Crippen molar-refractivity contribution in [1.29, 1.82) is 0 Å². The Labute approximate surface area is 143 Å². The lowest BCUT2D eigenvalue weighted by Gasteiger charge is -2.13. The minimum Gasteiger partial charge on any atom is -0.507 e. The summed E-state index contributed by atoms with van der Waals surface area (Å²) >= 11 is 0. The molecule has 1 aromatic heterocycles. The van der Waals surface area contributed by atoms with Crippen molar-refractivity contribution in [3.63, 3.8) is 0 Å². The molecule has 25 heavy (non-hydrogen) atoms. The lowest BCUT2D eigenvalue weighted by atomic mass is 10.0. The molecule has 0 radical (unpaired) electrons. The van der Waals surface area contributed by atoms with Crippen molar-refractivity contribution in [1.82, 2.24) is 9.97 Å². The summed E-state index contributed by atoms with van der Waals surface area (Å²) in [6.45, 7) is 1.90. The number of aromatic hydroxyl groups is 1. The van der Waals surface area contributed by atoms with Gasteiger partial charge in [0, 0.05) is 29.4 Å². The van der Waals surface area contributed by atoms with Gasteiger partial charge in [0.25, 0.3) is 0 Å². The maximum Gasteiger partial charge on any atom is 0.125 e. The Morgan fingerprint density at radius 3 is 2.56 bits per heavy atom. The van der Waals surface area contributed by atoms with Crippen molar-refractivity contribution in [3.8, 4) is 5.75 Å². The van der Waals surface area contributed by atoms with Crippen LogP contribution in [0.5, 0.6) is 5.75 Å². The smallest absolute Gasteiger partial charge is 0.125 e. The lowest BCUT2D eigenvalue weighted by molar-refractivity contribution is 0.472. The summed E-state index contributed by atoms with van der Waals surface area (Å²) in [5.41, 5.74) is 2.18. The fourth-order valence-electron chi connectivity index (χ4n) is 2.59. The van der Waals surface area contributed by atoms with Crippen LogP contribution in [0, 0.1) is 11.6 Å². The molecule has 0 aliphatic carbocycles. The van der Waals surface area contributed by atoms with E-state index >= 15 is 0 Å². The molecule has 0 unspecified atom stereocenters. The molecule has 1 atom stereocenters. The number of halogens is 2. The van der Waals surface area contributed by atoms with Gasteiger partial charge in [0.05, 0.1) is 18.1 Å². The highest BCUT2D eigenvalue weighted by molar-refractivity contribution is 6.14. The standard InChI is InChI=1S/C19H17F2N3O/c1-12(8-16-10-22-11-23-16)24-19(13-2-4-14(20)5-3-13)17-9-15(21)6-7-18(17)25/h2-7,9-12,25H,8H2,1H3,(H,22,23)/t12-/m1/s1. The van der Waals surface area contributed by atoms with Crippen LogP contribution in [0.1, 0.15) is 23.7 Å². The summed E-state index contributed by atoms with van der Waals surface area (Å²) in [6, 6.07) is 9.24. The quantitative estimate of drug-likeness (QED) is 0.692. The van der Waals surface area contributed by atoms with Gasteiger partial charge >= 0.3 is 0 Å². The predicted octanol–water partition coefficient (Wildman–Crippen LogP) is 3.86. The van der Waals surface area contributed by atoms with Crippen LogP contribution in [0.15, 0.2) is 60.0 Å². The summed E-state index contributed by atoms with van der Waals surface area (Å²) in [4.78, 5) is 11.6. The number of imidazole rings is 1. The number of aliphatic imine (C=N–C) groups is 1. The van der Waals surface area contributed by atoms with E-state index in [0.29, 0.717) is 17.7 Å². The molecule has 3 aromatic rings. The number of nitrogens with zero attached hydrogens (tertiary/aromatic N) is 2. The van der Waals surface area contributed by atoms with Gasteiger partial charge in [0.2, 0.25) is 0 Å². The summed E-state index contributed by atoms with van der Waals surface area (Å²) in [5, 5.41) is 10.2. The highest BCUT2D eigenvalue weighted by atomic mass is 19.1. The Morgan fingerprint density at radius 1 is 1.16 bits per heavy atom. The van der Waals surface area contributed by atoms with E-state index in [1.165, 1.54) is 30.3 Å². The number of hydrogen-bond acceptors (Lipinski definition) is 3. The average molecular weight is 341 g/mol. The molecule has 4 nitrogen and oxygen atoms in total. The molecule has 6 heteroatoms. The number of rotatable bonds is 5. The summed E-state index contributed by atoms with van der Waals surface area (Å²) in [7, 11) is 0. The summed E-state index contributed by atoms with van der Waals surface area (Å²) in [6.07, 6.45) is 3.90. The zero-order chi connectivity index (χ0) is 17.8. The van der Waals surface area contributed by atoms with E-state index in [9.17, 15) is 13.9 Å². The van der Waals surface area contributed by atoms with Crippen LogP contribution in [0.3, 0.4) is 0 Å². The third-order valence-electron chi connectivity index (χ3n) is 3.75. The zero-order valence-corrected chi connectivity index (χ0v) is 13.6. The Kier molecular flexibility index (Phi) is 4.88. The third-order valence-corrected chi connectivity index (χ3v) is 3.75.